The van der Waals surface area contributed by atoms with Crippen LogP contribution in [-0.2, 0) is 9.59 Å². The van der Waals surface area contributed by atoms with Crippen molar-refractivity contribution in [2.75, 3.05) is 22.5 Å². The fraction of sp³-hybridized carbons (Fsp3) is 0.278. The fourth-order valence-electron chi connectivity index (χ4n) is 2.72. The molecule has 5 nitrogen and oxygen atoms in total. The quantitative estimate of drug-likeness (QED) is 0.745. The van der Waals surface area contributed by atoms with Gasteiger partial charge in [0.15, 0.2) is 0 Å². The number of amides is 2. The lowest BCUT2D eigenvalue weighted by Gasteiger charge is -2.18. The summed E-state index contributed by atoms with van der Waals surface area (Å²) in [5, 5.41) is 3.79. The van der Waals surface area contributed by atoms with Crippen molar-refractivity contribution in [1.82, 2.24) is 4.98 Å². The SMILES string of the molecule is CCSc1ccc(NC(=O)C2CC(=O)N(c3ccccc3Br)C2)cn1. The Morgan fingerprint density at radius 1 is 1.36 bits per heavy atom. The van der Waals surface area contributed by atoms with E-state index in [1.54, 1.807) is 22.9 Å². The molecule has 25 heavy (non-hydrogen) atoms. The van der Waals surface area contributed by atoms with Crippen LogP contribution in [0.5, 0.6) is 0 Å². The van der Waals surface area contributed by atoms with Gasteiger partial charge in [0, 0.05) is 17.4 Å². The smallest absolute Gasteiger partial charge is 0.229 e. The molecular formula is C18H18BrN3O2S. The monoisotopic (exact) mass is 419 g/mol. The Balaban J connectivity index is 1.65. The molecule has 2 heterocycles. The number of pyridine rings is 1. The van der Waals surface area contributed by atoms with Crippen LogP contribution in [0.15, 0.2) is 52.1 Å². The predicted molar refractivity (Wildman–Crippen MR) is 104 cm³/mol. The van der Waals surface area contributed by atoms with E-state index in [4.69, 9.17) is 0 Å². The molecule has 1 aliphatic heterocycles. The van der Waals surface area contributed by atoms with Crippen LogP contribution in [0.1, 0.15) is 13.3 Å². The molecule has 2 amide bonds. The molecule has 7 heteroatoms. The van der Waals surface area contributed by atoms with Crippen LogP contribution in [0, 0.1) is 5.92 Å². The number of hydrogen-bond acceptors (Lipinski definition) is 4. The first kappa shape index (κ1) is 17.9. The average molecular weight is 420 g/mol. The summed E-state index contributed by atoms with van der Waals surface area (Å²) in [5.41, 5.74) is 1.45. The molecule has 3 rings (SSSR count). The van der Waals surface area contributed by atoms with Gasteiger partial charge in [0.05, 0.1) is 28.5 Å². The second-order valence-corrected chi connectivity index (χ2v) is 7.80. The minimum atomic E-state index is -0.371. The molecule has 1 N–H and O–H groups in total. The van der Waals surface area contributed by atoms with Crippen molar-refractivity contribution in [3.8, 4) is 0 Å². The lowest BCUT2D eigenvalue weighted by molar-refractivity contribution is -0.122. The van der Waals surface area contributed by atoms with Crippen molar-refractivity contribution in [3.05, 3.63) is 47.1 Å². The first-order chi connectivity index (χ1) is 12.1. The van der Waals surface area contributed by atoms with Gasteiger partial charge in [-0.1, -0.05) is 19.1 Å². The molecule has 0 spiro atoms. The Labute approximate surface area is 159 Å². The number of carbonyl (C=O) groups is 2. The third kappa shape index (κ3) is 4.22. The molecule has 0 radical (unpaired) electrons. The van der Waals surface area contributed by atoms with Gasteiger partial charge in [-0.2, -0.15) is 0 Å². The molecule has 130 valence electrons. The highest BCUT2D eigenvalue weighted by molar-refractivity contribution is 9.10. The third-order valence-corrected chi connectivity index (χ3v) is 5.43. The van der Waals surface area contributed by atoms with Crippen LogP contribution in [0.3, 0.4) is 0 Å². The standard InChI is InChI=1S/C18H18BrN3O2S/c1-2-25-16-8-7-13(10-20-16)21-18(24)12-9-17(23)22(11-12)15-6-4-3-5-14(15)19/h3-8,10,12H,2,9,11H2,1H3,(H,21,24). The summed E-state index contributed by atoms with van der Waals surface area (Å²) in [6, 6.07) is 11.3. The first-order valence-electron chi connectivity index (χ1n) is 8.03. The predicted octanol–water partition coefficient (Wildman–Crippen LogP) is 3.95. The van der Waals surface area contributed by atoms with Crippen molar-refractivity contribution in [3.63, 3.8) is 0 Å². The lowest BCUT2D eigenvalue weighted by Crippen LogP contribution is -2.28. The number of nitrogens with one attached hydrogen (secondary N) is 1. The highest BCUT2D eigenvalue weighted by atomic mass is 79.9. The van der Waals surface area contributed by atoms with E-state index < -0.39 is 0 Å². The third-order valence-electron chi connectivity index (χ3n) is 3.94. The van der Waals surface area contributed by atoms with Crippen molar-refractivity contribution in [2.24, 2.45) is 5.92 Å². The van der Waals surface area contributed by atoms with Crippen LogP contribution in [0.2, 0.25) is 0 Å². The van der Waals surface area contributed by atoms with E-state index in [1.807, 2.05) is 36.4 Å². The van der Waals surface area contributed by atoms with Gasteiger partial charge in [-0.25, -0.2) is 4.98 Å². The zero-order valence-electron chi connectivity index (χ0n) is 13.7. The molecule has 1 aromatic carbocycles. The summed E-state index contributed by atoms with van der Waals surface area (Å²) in [7, 11) is 0. The molecule has 1 aromatic heterocycles. The zero-order valence-corrected chi connectivity index (χ0v) is 16.1. The number of thioether (sulfide) groups is 1. The Morgan fingerprint density at radius 2 is 2.16 bits per heavy atom. The van der Waals surface area contributed by atoms with Gasteiger partial charge in [-0.15, -0.1) is 11.8 Å². The van der Waals surface area contributed by atoms with E-state index in [2.05, 4.69) is 33.2 Å². The normalized spacial score (nSPS) is 17.0. The number of benzene rings is 1. The number of para-hydroxylation sites is 1. The topological polar surface area (TPSA) is 62.3 Å². The van der Waals surface area contributed by atoms with Crippen molar-refractivity contribution < 1.29 is 9.59 Å². The largest absolute Gasteiger partial charge is 0.324 e. The van der Waals surface area contributed by atoms with Gasteiger partial charge < -0.3 is 10.2 Å². The molecule has 1 atom stereocenters. The molecule has 1 unspecified atom stereocenters. The van der Waals surface area contributed by atoms with Crippen LogP contribution >= 0.6 is 27.7 Å². The van der Waals surface area contributed by atoms with Crippen molar-refractivity contribution in [2.45, 2.75) is 18.4 Å². The molecular weight excluding hydrogens is 402 g/mol. The van der Waals surface area contributed by atoms with E-state index in [0.29, 0.717) is 12.2 Å². The van der Waals surface area contributed by atoms with E-state index >= 15 is 0 Å². The summed E-state index contributed by atoms with van der Waals surface area (Å²) in [5.74, 6) is 0.387. The Hall–Kier alpha value is -1.86. The minimum absolute atomic E-state index is 0.0418. The molecule has 1 saturated heterocycles. The highest BCUT2D eigenvalue weighted by Crippen LogP contribution is 2.31. The van der Waals surface area contributed by atoms with Crippen LogP contribution in [0.4, 0.5) is 11.4 Å². The number of halogens is 1. The van der Waals surface area contributed by atoms with Gasteiger partial charge in [-0.3, -0.25) is 9.59 Å². The van der Waals surface area contributed by atoms with Gasteiger partial charge in [0.2, 0.25) is 11.8 Å². The van der Waals surface area contributed by atoms with Crippen LogP contribution < -0.4 is 10.2 Å². The van der Waals surface area contributed by atoms with Crippen molar-refractivity contribution in [1.29, 1.82) is 0 Å². The van der Waals surface area contributed by atoms with Crippen LogP contribution in [0.25, 0.3) is 0 Å². The summed E-state index contributed by atoms with van der Waals surface area (Å²) in [6.45, 7) is 2.44. The van der Waals surface area contributed by atoms with Gasteiger partial charge >= 0.3 is 0 Å². The number of nitrogens with zero attached hydrogens (tertiary/aromatic N) is 2. The number of aromatic nitrogens is 1. The molecule has 0 bridgehead atoms. The maximum absolute atomic E-state index is 12.5. The Bertz CT molecular complexity index is 782. The second-order valence-electron chi connectivity index (χ2n) is 5.66. The molecule has 1 aliphatic rings. The van der Waals surface area contributed by atoms with Gasteiger partial charge in [0.1, 0.15) is 0 Å². The van der Waals surface area contributed by atoms with Gasteiger partial charge in [-0.05, 0) is 45.9 Å². The van der Waals surface area contributed by atoms with Gasteiger partial charge in [0.25, 0.3) is 0 Å². The van der Waals surface area contributed by atoms with E-state index in [1.165, 1.54) is 0 Å². The fourth-order valence-corrected chi connectivity index (χ4v) is 3.80. The summed E-state index contributed by atoms with van der Waals surface area (Å²) in [4.78, 5) is 30.8. The molecule has 1 fully saturated rings. The highest BCUT2D eigenvalue weighted by Gasteiger charge is 2.35. The van der Waals surface area contributed by atoms with Crippen LogP contribution in [-0.4, -0.2) is 29.1 Å². The van der Waals surface area contributed by atoms with E-state index in [-0.39, 0.29) is 24.2 Å². The Kier molecular flexibility index (Phi) is 5.75. The second kappa shape index (κ2) is 8.01. The zero-order chi connectivity index (χ0) is 17.8. The maximum atomic E-state index is 12.5. The number of hydrogen-bond donors (Lipinski definition) is 1. The summed E-state index contributed by atoms with van der Waals surface area (Å²) >= 11 is 5.11. The number of carbonyl (C=O) groups excluding carboxylic acids is 2. The first-order valence-corrected chi connectivity index (χ1v) is 9.81. The Morgan fingerprint density at radius 3 is 2.84 bits per heavy atom. The molecule has 0 saturated carbocycles. The number of rotatable bonds is 5. The number of anilines is 2. The van der Waals surface area contributed by atoms with E-state index in [0.717, 1.165) is 20.9 Å². The van der Waals surface area contributed by atoms with Crippen molar-refractivity contribution >= 4 is 50.9 Å². The average Bonchev–Trinajstić information content (AvgIpc) is 2.99. The molecule has 0 aliphatic carbocycles. The summed E-state index contributed by atoms with van der Waals surface area (Å²) < 4.78 is 0.845. The van der Waals surface area contributed by atoms with E-state index in [9.17, 15) is 9.59 Å². The minimum Gasteiger partial charge on any atom is -0.324 e. The lowest BCUT2D eigenvalue weighted by atomic mass is 10.1. The summed E-state index contributed by atoms with van der Waals surface area (Å²) in [6.07, 6.45) is 1.86. The maximum Gasteiger partial charge on any atom is 0.229 e. The molecule has 2 aromatic rings.